The average Bonchev–Trinajstić information content (AvgIpc) is 3.04. The smallest absolute Gasteiger partial charge is 0.219 e. The highest BCUT2D eigenvalue weighted by molar-refractivity contribution is 5.74. The van der Waals surface area contributed by atoms with Crippen LogP contribution >= 0.6 is 0 Å². The molecule has 2 fully saturated rings. The Morgan fingerprint density at radius 2 is 2.18 bits per heavy atom. The zero-order valence-electron chi connectivity index (χ0n) is 10.9. The monoisotopic (exact) mass is 234 g/mol. The largest absolute Gasteiger partial charge is 0.338 e. The molecule has 0 aromatic heterocycles. The number of rotatable bonds is 4. The van der Waals surface area contributed by atoms with E-state index in [9.17, 15) is 4.79 Å². The molecule has 1 saturated carbocycles. The SMILES string of the molecule is CC#CCN1CCCC1CN(C(C)=O)C1CC1. The maximum Gasteiger partial charge on any atom is 0.219 e. The Hall–Kier alpha value is -1.01. The highest BCUT2D eigenvalue weighted by Crippen LogP contribution is 2.29. The molecule has 94 valence electrons. The molecule has 1 saturated heterocycles. The summed E-state index contributed by atoms with van der Waals surface area (Å²) in [4.78, 5) is 16.1. The summed E-state index contributed by atoms with van der Waals surface area (Å²) >= 11 is 0. The van der Waals surface area contributed by atoms with Gasteiger partial charge < -0.3 is 4.90 Å². The lowest BCUT2D eigenvalue weighted by molar-refractivity contribution is -0.130. The van der Waals surface area contributed by atoms with E-state index >= 15 is 0 Å². The second-order valence-corrected chi connectivity index (χ2v) is 5.10. The van der Waals surface area contributed by atoms with Crippen molar-refractivity contribution >= 4 is 5.91 Å². The van der Waals surface area contributed by atoms with Gasteiger partial charge in [0.25, 0.3) is 0 Å². The fourth-order valence-corrected chi connectivity index (χ4v) is 2.64. The van der Waals surface area contributed by atoms with Gasteiger partial charge in [0.15, 0.2) is 0 Å². The van der Waals surface area contributed by atoms with E-state index in [-0.39, 0.29) is 5.91 Å². The van der Waals surface area contributed by atoms with Gasteiger partial charge in [0.05, 0.1) is 6.54 Å². The summed E-state index contributed by atoms with van der Waals surface area (Å²) in [5, 5.41) is 0. The Labute approximate surface area is 104 Å². The van der Waals surface area contributed by atoms with Crippen molar-refractivity contribution in [1.82, 2.24) is 9.80 Å². The van der Waals surface area contributed by atoms with E-state index in [0.717, 1.165) is 19.6 Å². The van der Waals surface area contributed by atoms with Crippen LogP contribution in [0, 0.1) is 11.8 Å². The van der Waals surface area contributed by atoms with Gasteiger partial charge in [-0.15, -0.1) is 5.92 Å². The minimum atomic E-state index is 0.237. The lowest BCUT2D eigenvalue weighted by atomic mass is 10.2. The molecule has 0 bridgehead atoms. The molecule has 0 aromatic rings. The van der Waals surface area contributed by atoms with Crippen molar-refractivity contribution in [3.63, 3.8) is 0 Å². The Morgan fingerprint density at radius 3 is 2.76 bits per heavy atom. The minimum Gasteiger partial charge on any atom is -0.338 e. The molecule has 0 radical (unpaired) electrons. The zero-order valence-corrected chi connectivity index (χ0v) is 10.9. The first kappa shape index (κ1) is 12.4. The van der Waals surface area contributed by atoms with Crippen LogP contribution in [-0.2, 0) is 4.79 Å². The molecule has 1 atom stereocenters. The molecule has 0 spiro atoms. The molecular weight excluding hydrogens is 212 g/mol. The summed E-state index contributed by atoms with van der Waals surface area (Å²) in [6, 6.07) is 1.06. The number of hydrogen-bond donors (Lipinski definition) is 0. The van der Waals surface area contributed by atoms with Crippen LogP contribution in [0.25, 0.3) is 0 Å². The van der Waals surface area contributed by atoms with E-state index in [0.29, 0.717) is 12.1 Å². The predicted octanol–water partition coefficient (Wildman–Crippen LogP) is 1.48. The van der Waals surface area contributed by atoms with Crippen molar-refractivity contribution in [2.75, 3.05) is 19.6 Å². The van der Waals surface area contributed by atoms with Crippen LogP contribution in [-0.4, -0.2) is 47.4 Å². The van der Waals surface area contributed by atoms with Crippen LogP contribution in [0.3, 0.4) is 0 Å². The number of carbonyl (C=O) groups is 1. The Morgan fingerprint density at radius 1 is 1.41 bits per heavy atom. The maximum absolute atomic E-state index is 11.6. The van der Waals surface area contributed by atoms with Gasteiger partial charge in [0.1, 0.15) is 0 Å². The molecular formula is C14H22N2O. The van der Waals surface area contributed by atoms with Gasteiger partial charge in [-0.25, -0.2) is 0 Å². The third-order valence-corrected chi connectivity index (χ3v) is 3.76. The molecule has 1 unspecified atom stereocenters. The van der Waals surface area contributed by atoms with Gasteiger partial charge in [-0.2, -0.15) is 0 Å². The summed E-state index contributed by atoms with van der Waals surface area (Å²) in [6.07, 6.45) is 4.84. The summed E-state index contributed by atoms with van der Waals surface area (Å²) in [5.41, 5.74) is 0. The second-order valence-electron chi connectivity index (χ2n) is 5.10. The van der Waals surface area contributed by atoms with Crippen LogP contribution in [0.15, 0.2) is 0 Å². The maximum atomic E-state index is 11.6. The topological polar surface area (TPSA) is 23.6 Å². The molecule has 2 aliphatic rings. The number of amides is 1. The average molecular weight is 234 g/mol. The Balaban J connectivity index is 1.90. The molecule has 1 aliphatic heterocycles. The lowest BCUT2D eigenvalue weighted by Gasteiger charge is -2.29. The number of likely N-dealkylation sites (tertiary alicyclic amines) is 1. The molecule has 1 aliphatic carbocycles. The lowest BCUT2D eigenvalue weighted by Crippen LogP contribution is -2.43. The van der Waals surface area contributed by atoms with Gasteiger partial charge in [-0.3, -0.25) is 9.69 Å². The van der Waals surface area contributed by atoms with Crippen molar-refractivity contribution in [1.29, 1.82) is 0 Å². The van der Waals surface area contributed by atoms with E-state index < -0.39 is 0 Å². The highest BCUT2D eigenvalue weighted by atomic mass is 16.2. The van der Waals surface area contributed by atoms with Crippen LogP contribution in [0.1, 0.15) is 39.5 Å². The summed E-state index contributed by atoms with van der Waals surface area (Å²) < 4.78 is 0. The van der Waals surface area contributed by atoms with E-state index in [4.69, 9.17) is 0 Å². The van der Waals surface area contributed by atoms with Crippen molar-refractivity contribution in [3.05, 3.63) is 0 Å². The first-order valence-corrected chi connectivity index (χ1v) is 6.63. The van der Waals surface area contributed by atoms with Gasteiger partial charge in [-0.1, -0.05) is 5.92 Å². The zero-order chi connectivity index (χ0) is 12.3. The molecule has 3 heteroatoms. The third-order valence-electron chi connectivity index (χ3n) is 3.76. The molecule has 1 amide bonds. The molecule has 1 heterocycles. The molecule has 0 aromatic carbocycles. The van der Waals surface area contributed by atoms with Crippen LogP contribution < -0.4 is 0 Å². The highest BCUT2D eigenvalue weighted by Gasteiger charge is 2.34. The van der Waals surface area contributed by atoms with E-state index in [1.807, 2.05) is 6.92 Å². The minimum absolute atomic E-state index is 0.237. The standard InChI is InChI=1S/C14H22N2O/c1-3-4-9-15-10-5-6-14(15)11-16(12(2)17)13-7-8-13/h13-14H,5-11H2,1-2H3. The quantitative estimate of drug-likeness (QED) is 0.688. The van der Waals surface area contributed by atoms with Crippen molar-refractivity contribution in [2.45, 2.75) is 51.6 Å². The third kappa shape index (κ3) is 3.23. The molecule has 17 heavy (non-hydrogen) atoms. The normalized spacial score (nSPS) is 24.2. The molecule has 3 nitrogen and oxygen atoms in total. The van der Waals surface area contributed by atoms with Crippen LogP contribution in [0.5, 0.6) is 0 Å². The molecule has 0 N–H and O–H groups in total. The first-order valence-electron chi connectivity index (χ1n) is 6.63. The number of carbonyl (C=O) groups excluding carboxylic acids is 1. The second kappa shape index (κ2) is 5.55. The Bertz CT molecular complexity index is 338. The number of hydrogen-bond acceptors (Lipinski definition) is 2. The van der Waals surface area contributed by atoms with Crippen LogP contribution in [0.2, 0.25) is 0 Å². The van der Waals surface area contributed by atoms with Crippen LogP contribution in [0.4, 0.5) is 0 Å². The fraction of sp³-hybridized carbons (Fsp3) is 0.786. The molecule has 2 rings (SSSR count). The van der Waals surface area contributed by atoms with Gasteiger partial charge in [-0.05, 0) is 39.2 Å². The van der Waals surface area contributed by atoms with Gasteiger partial charge >= 0.3 is 0 Å². The van der Waals surface area contributed by atoms with Crippen molar-refractivity contribution in [2.24, 2.45) is 0 Å². The number of nitrogens with zero attached hydrogens (tertiary/aromatic N) is 2. The Kier molecular flexibility index (Phi) is 4.06. The van der Waals surface area contributed by atoms with Gasteiger partial charge in [0.2, 0.25) is 5.91 Å². The van der Waals surface area contributed by atoms with E-state index in [1.165, 1.54) is 25.7 Å². The summed E-state index contributed by atoms with van der Waals surface area (Å²) in [6.45, 7) is 6.49. The first-order chi connectivity index (χ1) is 8.22. The fourth-order valence-electron chi connectivity index (χ4n) is 2.64. The predicted molar refractivity (Wildman–Crippen MR) is 68.5 cm³/mol. The van der Waals surface area contributed by atoms with E-state index in [1.54, 1.807) is 6.92 Å². The van der Waals surface area contributed by atoms with Crippen molar-refractivity contribution < 1.29 is 4.79 Å². The summed E-state index contributed by atoms with van der Waals surface area (Å²) in [5.74, 6) is 6.33. The van der Waals surface area contributed by atoms with Gasteiger partial charge in [0, 0.05) is 25.6 Å². The van der Waals surface area contributed by atoms with E-state index in [2.05, 4.69) is 21.6 Å². The van der Waals surface area contributed by atoms with Crippen molar-refractivity contribution in [3.8, 4) is 11.8 Å². The summed E-state index contributed by atoms with van der Waals surface area (Å²) in [7, 11) is 0.